The second kappa shape index (κ2) is 5.77. The number of aryl methyl sites for hydroxylation is 1. The fourth-order valence-electron chi connectivity index (χ4n) is 1.50. The zero-order chi connectivity index (χ0) is 13.0. The number of benzene rings is 1. The molecule has 0 saturated heterocycles. The van der Waals surface area contributed by atoms with Crippen molar-refractivity contribution in [3.63, 3.8) is 0 Å². The summed E-state index contributed by atoms with van der Waals surface area (Å²) in [5.41, 5.74) is 6.53. The van der Waals surface area contributed by atoms with Gasteiger partial charge in [0.1, 0.15) is 5.82 Å². The van der Waals surface area contributed by atoms with Crippen LogP contribution in [0.15, 0.2) is 18.2 Å². The maximum Gasteiger partial charge on any atom is 0.256 e. The van der Waals surface area contributed by atoms with Gasteiger partial charge in [0.05, 0.1) is 5.56 Å². The average Bonchev–Trinajstić information content (AvgIpc) is 2.25. The Bertz CT molecular complexity index is 404. The largest absolute Gasteiger partial charge is 0.342 e. The summed E-state index contributed by atoms with van der Waals surface area (Å²) in [6.07, 6.45) is 0.704. The molecule has 0 aliphatic carbocycles. The topological polar surface area (TPSA) is 46.3 Å². The van der Waals surface area contributed by atoms with E-state index >= 15 is 0 Å². The zero-order valence-electron chi connectivity index (χ0n) is 10.5. The van der Waals surface area contributed by atoms with Gasteiger partial charge in [0.2, 0.25) is 0 Å². The predicted molar refractivity (Wildman–Crippen MR) is 66.4 cm³/mol. The number of nitrogens with zero attached hydrogens (tertiary/aromatic N) is 1. The molecule has 0 bridgehead atoms. The first-order valence-electron chi connectivity index (χ1n) is 5.69. The molecule has 4 heteroatoms. The number of carbonyl (C=O) groups excluding carboxylic acids is 1. The Kier molecular flexibility index (Phi) is 4.63. The zero-order valence-corrected chi connectivity index (χ0v) is 10.5. The van der Waals surface area contributed by atoms with Crippen molar-refractivity contribution in [2.24, 2.45) is 5.73 Å². The van der Waals surface area contributed by atoms with Crippen molar-refractivity contribution in [3.05, 3.63) is 35.1 Å². The second-order valence-corrected chi connectivity index (χ2v) is 4.48. The minimum Gasteiger partial charge on any atom is -0.342 e. The molecule has 0 aromatic heterocycles. The standard InChI is InChI=1S/C13H19FN2O/c1-9-4-5-11(12(14)8-9)13(17)16(3)7-6-10(2)15/h4-5,8,10H,6-7,15H2,1-3H3. The Balaban J connectivity index is 2.75. The lowest BCUT2D eigenvalue weighted by Gasteiger charge is -2.18. The van der Waals surface area contributed by atoms with Gasteiger partial charge in [0.15, 0.2) is 0 Å². The van der Waals surface area contributed by atoms with Crippen LogP contribution in [0.1, 0.15) is 29.3 Å². The van der Waals surface area contributed by atoms with Crippen LogP contribution in [-0.4, -0.2) is 30.4 Å². The second-order valence-electron chi connectivity index (χ2n) is 4.48. The molecule has 2 N–H and O–H groups in total. The fraction of sp³-hybridized carbons (Fsp3) is 0.462. The molecule has 1 atom stereocenters. The Morgan fingerprint density at radius 1 is 1.53 bits per heavy atom. The fourth-order valence-corrected chi connectivity index (χ4v) is 1.50. The average molecular weight is 238 g/mol. The highest BCUT2D eigenvalue weighted by atomic mass is 19.1. The first-order chi connectivity index (χ1) is 7.91. The summed E-state index contributed by atoms with van der Waals surface area (Å²) in [6.45, 7) is 4.20. The van der Waals surface area contributed by atoms with E-state index in [9.17, 15) is 9.18 Å². The van der Waals surface area contributed by atoms with Crippen molar-refractivity contribution in [1.82, 2.24) is 4.90 Å². The van der Waals surface area contributed by atoms with Gasteiger partial charge in [-0.15, -0.1) is 0 Å². The molecule has 0 aliphatic heterocycles. The summed E-state index contributed by atoms with van der Waals surface area (Å²) in [7, 11) is 1.66. The van der Waals surface area contributed by atoms with E-state index in [1.54, 1.807) is 20.0 Å². The highest BCUT2D eigenvalue weighted by Crippen LogP contribution is 2.12. The lowest BCUT2D eigenvalue weighted by Crippen LogP contribution is -2.31. The van der Waals surface area contributed by atoms with E-state index in [1.807, 2.05) is 6.92 Å². The number of nitrogens with two attached hydrogens (primary N) is 1. The lowest BCUT2D eigenvalue weighted by molar-refractivity contribution is 0.0787. The number of carbonyl (C=O) groups is 1. The summed E-state index contributed by atoms with van der Waals surface area (Å²) in [5.74, 6) is -0.772. The third kappa shape index (κ3) is 3.82. The SMILES string of the molecule is Cc1ccc(C(=O)N(C)CCC(C)N)c(F)c1. The van der Waals surface area contributed by atoms with Crippen LogP contribution in [0.3, 0.4) is 0 Å². The Labute approximate surface area is 101 Å². The quantitative estimate of drug-likeness (QED) is 0.871. The number of rotatable bonds is 4. The van der Waals surface area contributed by atoms with Crippen molar-refractivity contribution >= 4 is 5.91 Å². The van der Waals surface area contributed by atoms with Crippen LogP contribution in [0.25, 0.3) is 0 Å². The molecule has 94 valence electrons. The van der Waals surface area contributed by atoms with Crippen LogP contribution >= 0.6 is 0 Å². The predicted octanol–water partition coefficient (Wildman–Crippen LogP) is 1.94. The monoisotopic (exact) mass is 238 g/mol. The minimum atomic E-state index is -0.470. The van der Waals surface area contributed by atoms with Crippen LogP contribution in [0.5, 0.6) is 0 Å². The number of hydrogen-bond acceptors (Lipinski definition) is 2. The normalized spacial score (nSPS) is 12.3. The first-order valence-corrected chi connectivity index (χ1v) is 5.69. The molecule has 1 aromatic rings. The number of halogens is 1. The molecule has 1 amide bonds. The van der Waals surface area contributed by atoms with Crippen molar-refractivity contribution in [2.45, 2.75) is 26.3 Å². The highest BCUT2D eigenvalue weighted by molar-refractivity contribution is 5.94. The Morgan fingerprint density at radius 3 is 2.71 bits per heavy atom. The van der Waals surface area contributed by atoms with Gasteiger partial charge in [-0.25, -0.2) is 4.39 Å². The van der Waals surface area contributed by atoms with E-state index in [2.05, 4.69) is 0 Å². The van der Waals surface area contributed by atoms with Crippen LogP contribution in [0.4, 0.5) is 4.39 Å². The van der Waals surface area contributed by atoms with Crippen molar-refractivity contribution in [1.29, 1.82) is 0 Å². The van der Waals surface area contributed by atoms with Gasteiger partial charge in [-0.05, 0) is 38.0 Å². The third-order valence-electron chi connectivity index (χ3n) is 2.62. The first kappa shape index (κ1) is 13.6. The van der Waals surface area contributed by atoms with E-state index < -0.39 is 5.82 Å². The van der Waals surface area contributed by atoms with E-state index in [1.165, 1.54) is 17.0 Å². The molecule has 17 heavy (non-hydrogen) atoms. The molecule has 3 nitrogen and oxygen atoms in total. The molecule has 0 spiro atoms. The Morgan fingerprint density at radius 2 is 2.18 bits per heavy atom. The van der Waals surface area contributed by atoms with Gasteiger partial charge in [0.25, 0.3) is 5.91 Å². The van der Waals surface area contributed by atoms with Crippen LogP contribution in [0.2, 0.25) is 0 Å². The highest BCUT2D eigenvalue weighted by Gasteiger charge is 2.16. The molecule has 1 rings (SSSR count). The molecule has 0 saturated carbocycles. The van der Waals surface area contributed by atoms with Crippen LogP contribution < -0.4 is 5.73 Å². The summed E-state index contributed by atoms with van der Waals surface area (Å²) in [5, 5.41) is 0. The number of amides is 1. The summed E-state index contributed by atoms with van der Waals surface area (Å²) >= 11 is 0. The molecule has 1 aromatic carbocycles. The summed E-state index contributed by atoms with van der Waals surface area (Å²) in [4.78, 5) is 13.4. The molecule has 1 unspecified atom stereocenters. The van der Waals surface area contributed by atoms with Gasteiger partial charge in [-0.1, -0.05) is 6.07 Å². The van der Waals surface area contributed by atoms with Crippen LogP contribution in [-0.2, 0) is 0 Å². The molecule has 0 heterocycles. The van der Waals surface area contributed by atoms with Crippen molar-refractivity contribution < 1.29 is 9.18 Å². The lowest BCUT2D eigenvalue weighted by atomic mass is 10.1. The number of hydrogen-bond donors (Lipinski definition) is 1. The van der Waals surface area contributed by atoms with Gasteiger partial charge in [0, 0.05) is 19.6 Å². The van der Waals surface area contributed by atoms with Crippen LogP contribution in [0, 0.1) is 12.7 Å². The summed E-state index contributed by atoms with van der Waals surface area (Å²) in [6, 6.07) is 4.66. The molecule has 0 radical (unpaired) electrons. The molecular formula is C13H19FN2O. The summed E-state index contributed by atoms with van der Waals surface area (Å²) < 4.78 is 13.6. The van der Waals surface area contributed by atoms with E-state index in [0.717, 1.165) is 5.56 Å². The van der Waals surface area contributed by atoms with E-state index in [0.29, 0.717) is 13.0 Å². The van der Waals surface area contributed by atoms with Gasteiger partial charge >= 0.3 is 0 Å². The third-order valence-corrected chi connectivity index (χ3v) is 2.62. The molecule has 0 fully saturated rings. The maximum atomic E-state index is 13.6. The van der Waals surface area contributed by atoms with Gasteiger partial charge in [-0.2, -0.15) is 0 Å². The Hall–Kier alpha value is -1.42. The molecule has 0 aliphatic rings. The molecular weight excluding hydrogens is 219 g/mol. The van der Waals surface area contributed by atoms with Gasteiger partial charge in [-0.3, -0.25) is 4.79 Å². The van der Waals surface area contributed by atoms with Gasteiger partial charge < -0.3 is 10.6 Å². The van der Waals surface area contributed by atoms with E-state index in [-0.39, 0.29) is 17.5 Å². The maximum absolute atomic E-state index is 13.6. The smallest absolute Gasteiger partial charge is 0.256 e. The van der Waals surface area contributed by atoms with Crippen molar-refractivity contribution in [2.75, 3.05) is 13.6 Å². The minimum absolute atomic E-state index is 0.0353. The van der Waals surface area contributed by atoms with E-state index in [4.69, 9.17) is 5.73 Å². The van der Waals surface area contributed by atoms with Crippen molar-refractivity contribution in [3.8, 4) is 0 Å².